The summed E-state index contributed by atoms with van der Waals surface area (Å²) in [4.78, 5) is 0. The summed E-state index contributed by atoms with van der Waals surface area (Å²) in [6, 6.07) is 9.97. The van der Waals surface area contributed by atoms with E-state index < -0.39 is 0 Å². The van der Waals surface area contributed by atoms with Gasteiger partial charge in [0.15, 0.2) is 11.5 Å². The van der Waals surface area contributed by atoms with Crippen LogP contribution >= 0.6 is 22.6 Å². The summed E-state index contributed by atoms with van der Waals surface area (Å²) in [7, 11) is 0. The third-order valence-electron chi connectivity index (χ3n) is 2.87. The van der Waals surface area contributed by atoms with E-state index in [1.54, 1.807) is 30.3 Å². The number of oxime groups is 1. The van der Waals surface area contributed by atoms with Gasteiger partial charge in [0, 0.05) is 11.1 Å². The van der Waals surface area contributed by atoms with Gasteiger partial charge in [0.2, 0.25) is 0 Å². The Morgan fingerprint density at radius 3 is 2.73 bits per heavy atom. The van der Waals surface area contributed by atoms with Crippen molar-refractivity contribution in [3.8, 4) is 11.5 Å². The molecule has 0 saturated carbocycles. The largest absolute Gasteiger partial charge is 0.490 e. The van der Waals surface area contributed by atoms with Crippen molar-refractivity contribution in [2.75, 3.05) is 6.61 Å². The molecular formula is C16H15FINO3. The standard InChI is InChI=1S/C16H15FINO3/c1-2-21-15-8-11(9-19-20)7-14(18)16(15)22-10-12-5-3-4-6-13(12)17/h3-9,20H,2,10H2,1H3/b19-9+. The number of hydrogen-bond acceptors (Lipinski definition) is 4. The van der Waals surface area contributed by atoms with Gasteiger partial charge in [-0.2, -0.15) is 0 Å². The first-order chi connectivity index (χ1) is 10.7. The summed E-state index contributed by atoms with van der Waals surface area (Å²) >= 11 is 2.10. The van der Waals surface area contributed by atoms with Crippen molar-refractivity contribution in [3.63, 3.8) is 0 Å². The van der Waals surface area contributed by atoms with Gasteiger partial charge in [-0.15, -0.1) is 0 Å². The fraction of sp³-hybridized carbons (Fsp3) is 0.188. The zero-order valence-electron chi connectivity index (χ0n) is 11.9. The number of rotatable bonds is 6. The van der Waals surface area contributed by atoms with E-state index in [2.05, 4.69) is 27.7 Å². The summed E-state index contributed by atoms with van der Waals surface area (Å²) < 4.78 is 25.7. The van der Waals surface area contributed by atoms with Gasteiger partial charge in [0.25, 0.3) is 0 Å². The monoisotopic (exact) mass is 415 g/mol. The SMILES string of the molecule is CCOc1cc(/C=N/O)cc(I)c1OCc1ccccc1F. The summed E-state index contributed by atoms with van der Waals surface area (Å²) in [5, 5.41) is 11.6. The van der Waals surface area contributed by atoms with E-state index in [4.69, 9.17) is 14.7 Å². The number of halogens is 2. The third kappa shape index (κ3) is 4.09. The van der Waals surface area contributed by atoms with Crippen LogP contribution < -0.4 is 9.47 Å². The molecule has 1 N–H and O–H groups in total. The lowest BCUT2D eigenvalue weighted by Crippen LogP contribution is -2.03. The minimum atomic E-state index is -0.306. The fourth-order valence-electron chi connectivity index (χ4n) is 1.90. The Morgan fingerprint density at radius 1 is 1.27 bits per heavy atom. The molecule has 0 unspecified atom stereocenters. The van der Waals surface area contributed by atoms with Crippen molar-refractivity contribution in [1.82, 2.24) is 0 Å². The second kappa shape index (κ2) is 7.98. The van der Waals surface area contributed by atoms with Gasteiger partial charge in [-0.3, -0.25) is 0 Å². The van der Waals surface area contributed by atoms with Crippen molar-refractivity contribution in [3.05, 3.63) is 56.9 Å². The van der Waals surface area contributed by atoms with Gasteiger partial charge in [-0.25, -0.2) is 4.39 Å². The molecule has 0 amide bonds. The van der Waals surface area contributed by atoms with Crippen molar-refractivity contribution < 1.29 is 19.1 Å². The molecule has 6 heteroatoms. The molecule has 4 nitrogen and oxygen atoms in total. The predicted molar refractivity (Wildman–Crippen MR) is 90.4 cm³/mol. The quantitative estimate of drug-likeness (QED) is 0.333. The van der Waals surface area contributed by atoms with E-state index in [9.17, 15) is 4.39 Å². The van der Waals surface area contributed by atoms with Crippen LogP contribution in [-0.2, 0) is 6.61 Å². The van der Waals surface area contributed by atoms with E-state index in [1.165, 1.54) is 12.3 Å². The highest BCUT2D eigenvalue weighted by molar-refractivity contribution is 14.1. The van der Waals surface area contributed by atoms with E-state index in [0.717, 1.165) is 3.57 Å². The Kier molecular flexibility index (Phi) is 6.00. The molecular weight excluding hydrogens is 400 g/mol. The molecule has 0 aromatic heterocycles. The fourth-order valence-corrected chi connectivity index (χ4v) is 2.68. The molecule has 116 valence electrons. The minimum absolute atomic E-state index is 0.107. The van der Waals surface area contributed by atoms with Crippen molar-refractivity contribution in [2.24, 2.45) is 5.16 Å². The molecule has 0 bridgehead atoms. The zero-order valence-corrected chi connectivity index (χ0v) is 14.1. The van der Waals surface area contributed by atoms with Crippen LogP contribution in [0.4, 0.5) is 4.39 Å². The molecule has 2 aromatic carbocycles. The van der Waals surface area contributed by atoms with Crippen molar-refractivity contribution in [1.29, 1.82) is 0 Å². The van der Waals surface area contributed by atoms with Crippen molar-refractivity contribution >= 4 is 28.8 Å². The van der Waals surface area contributed by atoms with E-state index in [0.29, 0.717) is 29.2 Å². The van der Waals surface area contributed by atoms with E-state index in [-0.39, 0.29) is 12.4 Å². The normalized spacial score (nSPS) is 10.9. The zero-order chi connectivity index (χ0) is 15.9. The molecule has 2 rings (SSSR count). The Labute approximate surface area is 141 Å². The third-order valence-corrected chi connectivity index (χ3v) is 3.67. The van der Waals surface area contributed by atoms with Gasteiger partial charge < -0.3 is 14.7 Å². The highest BCUT2D eigenvalue weighted by atomic mass is 127. The molecule has 0 fully saturated rings. The molecule has 0 atom stereocenters. The number of ether oxygens (including phenoxy) is 2. The smallest absolute Gasteiger partial charge is 0.175 e. The summed E-state index contributed by atoms with van der Waals surface area (Å²) in [5.74, 6) is 0.765. The van der Waals surface area contributed by atoms with Crippen LogP contribution in [0.25, 0.3) is 0 Å². The van der Waals surface area contributed by atoms with Crippen LogP contribution in [0.15, 0.2) is 41.6 Å². The Bertz CT molecular complexity index is 676. The van der Waals surface area contributed by atoms with E-state index >= 15 is 0 Å². The van der Waals surface area contributed by atoms with Gasteiger partial charge in [0.1, 0.15) is 12.4 Å². The van der Waals surface area contributed by atoms with Crippen LogP contribution in [0.1, 0.15) is 18.1 Å². The summed E-state index contributed by atoms with van der Waals surface area (Å²) in [6.07, 6.45) is 1.31. The summed E-state index contributed by atoms with van der Waals surface area (Å²) in [5.41, 5.74) is 1.16. The second-order valence-corrected chi connectivity index (χ2v) is 5.55. The maximum absolute atomic E-state index is 13.6. The molecule has 0 aliphatic heterocycles. The first-order valence-electron chi connectivity index (χ1n) is 6.65. The first-order valence-corrected chi connectivity index (χ1v) is 7.73. The lowest BCUT2D eigenvalue weighted by Gasteiger charge is -2.15. The molecule has 22 heavy (non-hydrogen) atoms. The molecule has 0 aliphatic rings. The highest BCUT2D eigenvalue weighted by Crippen LogP contribution is 2.34. The average molecular weight is 415 g/mol. The van der Waals surface area contributed by atoms with Crippen LogP contribution in [0.3, 0.4) is 0 Å². The minimum Gasteiger partial charge on any atom is -0.490 e. The maximum Gasteiger partial charge on any atom is 0.175 e. The topological polar surface area (TPSA) is 51.0 Å². The van der Waals surface area contributed by atoms with Crippen LogP contribution in [0, 0.1) is 9.39 Å². The number of benzene rings is 2. The second-order valence-electron chi connectivity index (χ2n) is 4.39. The Balaban J connectivity index is 2.27. The Morgan fingerprint density at radius 2 is 2.05 bits per heavy atom. The van der Waals surface area contributed by atoms with Gasteiger partial charge in [-0.05, 0) is 47.7 Å². The summed E-state index contributed by atoms with van der Waals surface area (Å²) in [6.45, 7) is 2.43. The lowest BCUT2D eigenvalue weighted by atomic mass is 10.2. The first kappa shape index (κ1) is 16.5. The van der Waals surface area contributed by atoms with Gasteiger partial charge in [-0.1, -0.05) is 23.4 Å². The molecule has 2 aromatic rings. The van der Waals surface area contributed by atoms with Crippen LogP contribution in [0.5, 0.6) is 11.5 Å². The highest BCUT2D eigenvalue weighted by Gasteiger charge is 2.13. The Hall–Kier alpha value is -1.83. The molecule has 0 heterocycles. The number of hydrogen-bond donors (Lipinski definition) is 1. The van der Waals surface area contributed by atoms with Crippen molar-refractivity contribution in [2.45, 2.75) is 13.5 Å². The number of nitrogens with zero attached hydrogens (tertiary/aromatic N) is 1. The lowest BCUT2D eigenvalue weighted by molar-refractivity contribution is 0.264. The van der Waals surface area contributed by atoms with Gasteiger partial charge in [0.05, 0.1) is 16.4 Å². The van der Waals surface area contributed by atoms with Gasteiger partial charge >= 0.3 is 0 Å². The predicted octanol–water partition coefficient (Wildman–Crippen LogP) is 4.22. The molecule has 0 spiro atoms. The van der Waals surface area contributed by atoms with E-state index in [1.807, 2.05) is 6.92 Å². The molecule has 0 aliphatic carbocycles. The molecule has 0 radical (unpaired) electrons. The molecule has 0 saturated heterocycles. The van der Waals surface area contributed by atoms with Crippen LogP contribution in [-0.4, -0.2) is 18.0 Å². The maximum atomic E-state index is 13.6. The average Bonchev–Trinajstić information content (AvgIpc) is 2.49. The van der Waals surface area contributed by atoms with Crippen LogP contribution in [0.2, 0.25) is 0 Å².